The summed E-state index contributed by atoms with van der Waals surface area (Å²) in [7, 11) is 3.33. The third kappa shape index (κ3) is 2.31. The van der Waals surface area contributed by atoms with Crippen molar-refractivity contribution in [3.63, 3.8) is 0 Å². The molecule has 7 nitrogen and oxygen atoms in total. The largest absolute Gasteiger partial charge is 0.497 e. The highest BCUT2D eigenvalue weighted by molar-refractivity contribution is 6.14. The number of carbonyl (C=O) groups is 1. The number of nitrogens with zero attached hydrogens (tertiary/aromatic N) is 3. The smallest absolute Gasteiger partial charge is 0.274 e. The number of aromatic amines is 1. The van der Waals surface area contributed by atoms with Gasteiger partial charge in [0.15, 0.2) is 5.65 Å². The van der Waals surface area contributed by atoms with Gasteiger partial charge in [0.25, 0.3) is 11.5 Å². The molecule has 0 aliphatic carbocycles. The molecular weight excluding hydrogens is 320 g/mol. The second kappa shape index (κ2) is 5.47. The molecule has 0 atom stereocenters. The zero-order valence-electron chi connectivity index (χ0n) is 14.3. The van der Waals surface area contributed by atoms with Gasteiger partial charge in [0.1, 0.15) is 5.75 Å². The number of benzene rings is 1. The number of aryl methyl sites for hydroxylation is 2. The minimum atomic E-state index is -0.303. The molecule has 7 heteroatoms. The highest BCUT2D eigenvalue weighted by Crippen LogP contribution is 2.33. The minimum absolute atomic E-state index is 0.184. The second-order valence-corrected chi connectivity index (χ2v) is 6.21. The SMILES string of the molecule is COc1ccc2c(c1)CCN2C(=O)c1cc(C)nc2c1c(=O)[nH]n2C. The van der Waals surface area contributed by atoms with Crippen molar-refractivity contribution in [3.05, 3.63) is 51.4 Å². The van der Waals surface area contributed by atoms with Gasteiger partial charge in [-0.3, -0.25) is 19.4 Å². The van der Waals surface area contributed by atoms with E-state index in [1.807, 2.05) is 25.1 Å². The number of anilines is 1. The molecule has 0 fully saturated rings. The highest BCUT2D eigenvalue weighted by atomic mass is 16.5. The van der Waals surface area contributed by atoms with E-state index in [0.29, 0.717) is 28.8 Å². The molecule has 1 aliphatic heterocycles. The first-order valence-electron chi connectivity index (χ1n) is 8.04. The van der Waals surface area contributed by atoms with Crippen molar-refractivity contribution >= 4 is 22.6 Å². The maximum Gasteiger partial charge on any atom is 0.274 e. The summed E-state index contributed by atoms with van der Waals surface area (Å²) in [5.74, 6) is 0.589. The van der Waals surface area contributed by atoms with Crippen LogP contribution >= 0.6 is 0 Å². The van der Waals surface area contributed by atoms with Crippen LogP contribution in [0.5, 0.6) is 5.75 Å². The van der Waals surface area contributed by atoms with Crippen LogP contribution in [0.25, 0.3) is 11.0 Å². The summed E-state index contributed by atoms with van der Waals surface area (Å²) in [6.07, 6.45) is 0.761. The summed E-state index contributed by atoms with van der Waals surface area (Å²) < 4.78 is 6.80. The fourth-order valence-corrected chi connectivity index (χ4v) is 3.41. The Hall–Kier alpha value is -3.09. The highest BCUT2D eigenvalue weighted by Gasteiger charge is 2.28. The summed E-state index contributed by atoms with van der Waals surface area (Å²) in [6, 6.07) is 7.36. The van der Waals surface area contributed by atoms with Crippen molar-refractivity contribution in [3.8, 4) is 5.75 Å². The summed E-state index contributed by atoms with van der Waals surface area (Å²) in [5, 5.41) is 3.01. The first kappa shape index (κ1) is 15.4. The predicted octanol–water partition coefficient (Wildman–Crippen LogP) is 1.78. The average Bonchev–Trinajstić information content (AvgIpc) is 3.14. The van der Waals surface area contributed by atoms with Crippen LogP contribution in [0.3, 0.4) is 0 Å². The number of pyridine rings is 1. The van der Waals surface area contributed by atoms with Crippen LogP contribution in [0.15, 0.2) is 29.1 Å². The lowest BCUT2D eigenvalue weighted by Gasteiger charge is -2.18. The lowest BCUT2D eigenvalue weighted by atomic mass is 10.1. The molecule has 3 aromatic rings. The number of methoxy groups -OCH3 is 1. The molecule has 4 rings (SSSR count). The van der Waals surface area contributed by atoms with Crippen LogP contribution in [-0.4, -0.2) is 34.3 Å². The van der Waals surface area contributed by atoms with Crippen molar-refractivity contribution in [2.24, 2.45) is 7.05 Å². The number of ether oxygens (including phenoxy) is 1. The normalized spacial score (nSPS) is 13.3. The molecule has 0 saturated heterocycles. The van der Waals surface area contributed by atoms with Crippen LogP contribution in [-0.2, 0) is 13.5 Å². The van der Waals surface area contributed by atoms with Crippen molar-refractivity contribution in [2.45, 2.75) is 13.3 Å². The van der Waals surface area contributed by atoms with E-state index < -0.39 is 0 Å². The maximum absolute atomic E-state index is 13.2. The van der Waals surface area contributed by atoms with Gasteiger partial charge in [-0.05, 0) is 43.2 Å². The summed E-state index contributed by atoms with van der Waals surface area (Å²) in [4.78, 5) is 31.6. The molecule has 3 heterocycles. The predicted molar refractivity (Wildman–Crippen MR) is 94.4 cm³/mol. The third-order valence-electron chi connectivity index (χ3n) is 4.60. The van der Waals surface area contributed by atoms with E-state index in [1.165, 1.54) is 0 Å². The molecule has 1 aromatic carbocycles. The molecule has 0 saturated carbocycles. The van der Waals surface area contributed by atoms with E-state index >= 15 is 0 Å². The Morgan fingerprint density at radius 1 is 1.32 bits per heavy atom. The number of carbonyl (C=O) groups excluding carboxylic acids is 1. The van der Waals surface area contributed by atoms with Gasteiger partial charge in [-0.25, -0.2) is 4.98 Å². The van der Waals surface area contributed by atoms with Gasteiger partial charge in [-0.15, -0.1) is 0 Å². The van der Waals surface area contributed by atoms with Crippen LogP contribution in [0.2, 0.25) is 0 Å². The number of aromatic nitrogens is 3. The number of H-pyrrole nitrogens is 1. The van der Waals surface area contributed by atoms with Gasteiger partial charge in [0.2, 0.25) is 0 Å². The zero-order chi connectivity index (χ0) is 17.7. The van der Waals surface area contributed by atoms with Gasteiger partial charge in [0, 0.05) is 25.0 Å². The van der Waals surface area contributed by atoms with Crippen LogP contribution in [0, 0.1) is 6.92 Å². The van der Waals surface area contributed by atoms with Crippen LogP contribution < -0.4 is 15.2 Å². The molecule has 1 N–H and O–H groups in total. The zero-order valence-corrected chi connectivity index (χ0v) is 14.3. The lowest BCUT2D eigenvalue weighted by Crippen LogP contribution is -2.29. The number of hydrogen-bond donors (Lipinski definition) is 1. The van der Waals surface area contributed by atoms with E-state index in [4.69, 9.17) is 4.74 Å². The van der Waals surface area contributed by atoms with Gasteiger partial charge >= 0.3 is 0 Å². The molecule has 0 bridgehead atoms. The number of fused-ring (bicyclic) bond motifs is 2. The number of hydrogen-bond acceptors (Lipinski definition) is 4. The van der Waals surface area contributed by atoms with Crippen LogP contribution in [0.1, 0.15) is 21.6 Å². The molecule has 2 aromatic heterocycles. The van der Waals surface area contributed by atoms with Crippen molar-refractivity contribution < 1.29 is 9.53 Å². The quantitative estimate of drug-likeness (QED) is 0.772. The van der Waals surface area contributed by atoms with E-state index in [0.717, 1.165) is 23.4 Å². The fourth-order valence-electron chi connectivity index (χ4n) is 3.41. The molecule has 1 amide bonds. The summed E-state index contributed by atoms with van der Waals surface area (Å²) in [5.41, 5.74) is 3.19. The first-order chi connectivity index (χ1) is 12.0. The topological polar surface area (TPSA) is 80.2 Å². The number of nitrogens with one attached hydrogen (secondary N) is 1. The molecule has 0 radical (unpaired) electrons. The Morgan fingerprint density at radius 2 is 2.12 bits per heavy atom. The second-order valence-electron chi connectivity index (χ2n) is 6.21. The van der Waals surface area contributed by atoms with Crippen LogP contribution in [0.4, 0.5) is 5.69 Å². The average molecular weight is 338 g/mol. The molecule has 0 unspecified atom stereocenters. The summed E-state index contributed by atoms with van der Waals surface area (Å²) in [6.45, 7) is 2.39. The van der Waals surface area contributed by atoms with Gasteiger partial charge in [0.05, 0.1) is 18.1 Å². The number of rotatable bonds is 2. The summed E-state index contributed by atoms with van der Waals surface area (Å²) >= 11 is 0. The molecule has 0 spiro atoms. The van der Waals surface area contributed by atoms with E-state index in [1.54, 1.807) is 29.8 Å². The molecule has 25 heavy (non-hydrogen) atoms. The Bertz CT molecular complexity index is 1060. The van der Waals surface area contributed by atoms with E-state index in [9.17, 15) is 9.59 Å². The monoisotopic (exact) mass is 338 g/mol. The van der Waals surface area contributed by atoms with Gasteiger partial charge in [-0.1, -0.05) is 0 Å². The number of amides is 1. The van der Waals surface area contributed by atoms with Crippen molar-refractivity contribution in [1.29, 1.82) is 0 Å². The van der Waals surface area contributed by atoms with Crippen molar-refractivity contribution in [2.75, 3.05) is 18.6 Å². The molecule has 1 aliphatic rings. The Balaban J connectivity index is 1.84. The van der Waals surface area contributed by atoms with Crippen molar-refractivity contribution in [1.82, 2.24) is 14.8 Å². The Morgan fingerprint density at radius 3 is 2.88 bits per heavy atom. The van der Waals surface area contributed by atoms with Gasteiger partial charge < -0.3 is 9.64 Å². The Labute approximate surface area is 143 Å². The third-order valence-corrected chi connectivity index (χ3v) is 4.60. The Kier molecular flexibility index (Phi) is 3.38. The minimum Gasteiger partial charge on any atom is -0.497 e. The lowest BCUT2D eigenvalue weighted by molar-refractivity contribution is 0.0990. The van der Waals surface area contributed by atoms with Gasteiger partial charge in [-0.2, -0.15) is 0 Å². The van der Waals surface area contributed by atoms with E-state index in [-0.39, 0.29) is 11.5 Å². The maximum atomic E-state index is 13.2. The molecular formula is C18H18N4O3. The molecule has 128 valence electrons. The fraction of sp³-hybridized carbons (Fsp3) is 0.278. The standard InChI is InChI=1S/C18H18N4O3/c1-10-8-13(15-16(19-10)21(2)20-17(15)23)18(24)22-7-6-11-9-12(25-3)4-5-14(11)22/h4-5,8-9H,6-7H2,1-3H3,(H,20,23). The first-order valence-corrected chi connectivity index (χ1v) is 8.04. The van der Waals surface area contributed by atoms with E-state index in [2.05, 4.69) is 10.1 Å².